The number of fused-ring (bicyclic) bond motifs is 2. The Balaban J connectivity index is 1.63. The Morgan fingerprint density at radius 3 is 2.38 bits per heavy atom. The fraction of sp³-hybridized carbons (Fsp3) is 0.0968. The van der Waals surface area contributed by atoms with Crippen LogP contribution in [-0.2, 0) is 10.0 Å². The van der Waals surface area contributed by atoms with Gasteiger partial charge in [0.05, 0.1) is 17.5 Å². The molecule has 1 amide bonds. The molecule has 0 fully saturated rings. The summed E-state index contributed by atoms with van der Waals surface area (Å²) in [6.45, 7) is 0. The van der Waals surface area contributed by atoms with Gasteiger partial charge in [-0.25, -0.2) is 12.8 Å². The summed E-state index contributed by atoms with van der Waals surface area (Å²) in [5, 5.41) is 3.08. The molecule has 0 radical (unpaired) electrons. The molecule has 0 aliphatic rings. The van der Waals surface area contributed by atoms with Crippen molar-refractivity contribution >= 4 is 49.4 Å². The maximum atomic E-state index is 13.7. The topological polar surface area (TPSA) is 132 Å². The Labute approximate surface area is 240 Å². The minimum Gasteiger partial charge on any atom is -0.455 e. The van der Waals surface area contributed by atoms with Crippen LogP contribution >= 0.6 is 0 Å². The van der Waals surface area contributed by atoms with Crippen molar-refractivity contribution in [3.05, 3.63) is 90.4 Å². The number of furan rings is 2. The summed E-state index contributed by atoms with van der Waals surface area (Å²) in [4.78, 5) is 17.5. The number of nitrogens with two attached hydrogens (primary N) is 1. The highest BCUT2D eigenvalue weighted by Gasteiger charge is 2.26. The molecule has 0 aliphatic heterocycles. The molecule has 0 unspecified atom stereocenters. The van der Waals surface area contributed by atoms with Crippen molar-refractivity contribution in [3.8, 4) is 33.8 Å². The SMILES string of the molecule is CNC(=O)c1c(-c2ccc(F)cc2)oc2cc(N(C)S(C)(=O)=O)c(-c3ccc(N)c(-c4cc5ncccc5o4)c3)cc12. The van der Waals surface area contributed by atoms with Gasteiger partial charge in [-0.15, -0.1) is 0 Å². The molecule has 0 saturated heterocycles. The Kier molecular flexibility index (Phi) is 6.46. The summed E-state index contributed by atoms with van der Waals surface area (Å²) in [5.41, 5.74) is 11.1. The second kappa shape index (κ2) is 10.0. The molecular weight excluding hydrogens is 559 g/mol. The van der Waals surface area contributed by atoms with Gasteiger partial charge in [-0.2, -0.15) is 0 Å². The number of hydrogen-bond acceptors (Lipinski definition) is 7. The molecule has 6 aromatic rings. The van der Waals surface area contributed by atoms with Crippen molar-refractivity contribution in [2.75, 3.05) is 30.4 Å². The lowest BCUT2D eigenvalue weighted by Crippen LogP contribution is -2.25. The van der Waals surface area contributed by atoms with Gasteiger partial charge in [0.1, 0.15) is 28.4 Å². The molecule has 0 spiro atoms. The highest BCUT2D eigenvalue weighted by molar-refractivity contribution is 7.92. The maximum absolute atomic E-state index is 13.7. The predicted molar refractivity (Wildman–Crippen MR) is 161 cm³/mol. The molecule has 3 aromatic heterocycles. The summed E-state index contributed by atoms with van der Waals surface area (Å²) in [6.07, 6.45) is 2.76. The zero-order chi connectivity index (χ0) is 29.8. The molecule has 3 heterocycles. The summed E-state index contributed by atoms with van der Waals surface area (Å²) in [5.74, 6) is -0.136. The van der Waals surface area contributed by atoms with Crippen LogP contribution in [-0.4, -0.2) is 39.7 Å². The quantitative estimate of drug-likeness (QED) is 0.228. The number of nitrogen functional groups attached to an aromatic ring is 1. The number of benzene rings is 3. The fourth-order valence-electron chi connectivity index (χ4n) is 4.90. The molecule has 3 aromatic carbocycles. The van der Waals surface area contributed by atoms with Crippen LogP contribution in [0.4, 0.5) is 15.8 Å². The van der Waals surface area contributed by atoms with Crippen molar-refractivity contribution in [3.63, 3.8) is 0 Å². The third kappa shape index (κ3) is 4.63. The second-order valence-corrected chi connectivity index (χ2v) is 11.8. The van der Waals surface area contributed by atoms with Crippen molar-refractivity contribution < 1.29 is 26.4 Å². The van der Waals surface area contributed by atoms with E-state index in [0.29, 0.717) is 55.9 Å². The summed E-state index contributed by atoms with van der Waals surface area (Å²) in [7, 11) is -0.771. The number of anilines is 2. The van der Waals surface area contributed by atoms with Gasteiger partial charge in [-0.1, -0.05) is 6.07 Å². The maximum Gasteiger partial charge on any atom is 0.255 e. The van der Waals surface area contributed by atoms with Gasteiger partial charge in [0, 0.05) is 60.2 Å². The van der Waals surface area contributed by atoms with E-state index in [0.717, 1.165) is 10.6 Å². The first kappa shape index (κ1) is 27.0. The zero-order valence-electron chi connectivity index (χ0n) is 22.8. The van der Waals surface area contributed by atoms with E-state index in [4.69, 9.17) is 14.6 Å². The van der Waals surface area contributed by atoms with Gasteiger partial charge < -0.3 is 19.9 Å². The minimum atomic E-state index is -3.70. The van der Waals surface area contributed by atoms with Gasteiger partial charge in [-0.3, -0.25) is 14.1 Å². The zero-order valence-corrected chi connectivity index (χ0v) is 23.6. The number of nitrogens with zero attached hydrogens (tertiary/aromatic N) is 2. The van der Waals surface area contributed by atoms with E-state index >= 15 is 0 Å². The standard InChI is InChI=1S/C31H25FN4O5S/c1-34-31(37)29-22-14-20(18-8-11-23(33)21(13-18)27-15-24-26(40-27)5-4-12-35-24)25(36(2)42(3,38)39)16-28(22)41-30(29)17-6-9-19(32)10-7-17/h4-16H,33H2,1-3H3,(H,34,37). The van der Waals surface area contributed by atoms with Crippen LogP contribution in [0.15, 0.2) is 87.8 Å². The third-order valence-electron chi connectivity index (χ3n) is 7.12. The fourth-order valence-corrected chi connectivity index (χ4v) is 5.41. The third-order valence-corrected chi connectivity index (χ3v) is 8.31. The number of carbonyl (C=O) groups is 1. The van der Waals surface area contributed by atoms with Crippen LogP contribution in [0, 0.1) is 5.82 Å². The number of amides is 1. The number of pyridine rings is 1. The predicted octanol–water partition coefficient (Wildman–Crippen LogP) is 6.05. The van der Waals surface area contributed by atoms with Gasteiger partial charge in [-0.05, 0) is 60.2 Å². The summed E-state index contributed by atoms with van der Waals surface area (Å²) >= 11 is 0. The average molecular weight is 585 g/mol. The van der Waals surface area contributed by atoms with Crippen LogP contribution in [0.5, 0.6) is 0 Å². The van der Waals surface area contributed by atoms with E-state index in [-0.39, 0.29) is 16.9 Å². The number of aromatic nitrogens is 1. The molecule has 0 bridgehead atoms. The normalized spacial score (nSPS) is 11.7. The van der Waals surface area contributed by atoms with E-state index in [2.05, 4.69) is 10.3 Å². The number of hydrogen-bond donors (Lipinski definition) is 2. The van der Waals surface area contributed by atoms with Crippen LogP contribution in [0.3, 0.4) is 0 Å². The van der Waals surface area contributed by atoms with Gasteiger partial charge in [0.15, 0.2) is 5.58 Å². The monoisotopic (exact) mass is 584 g/mol. The molecule has 6 rings (SSSR count). The number of rotatable bonds is 6. The molecule has 9 nitrogen and oxygen atoms in total. The highest BCUT2D eigenvalue weighted by atomic mass is 32.2. The largest absolute Gasteiger partial charge is 0.455 e. The first-order chi connectivity index (χ1) is 20.0. The van der Waals surface area contributed by atoms with Crippen LogP contribution in [0.1, 0.15) is 10.4 Å². The number of carbonyl (C=O) groups excluding carboxylic acids is 1. The van der Waals surface area contributed by atoms with E-state index in [1.165, 1.54) is 38.4 Å². The summed E-state index contributed by atoms with van der Waals surface area (Å²) in [6, 6.07) is 19.5. The van der Waals surface area contributed by atoms with Crippen molar-refractivity contribution in [2.45, 2.75) is 0 Å². The smallest absolute Gasteiger partial charge is 0.255 e. The summed E-state index contributed by atoms with van der Waals surface area (Å²) < 4.78 is 52.4. The first-order valence-corrected chi connectivity index (χ1v) is 14.7. The van der Waals surface area contributed by atoms with Crippen LogP contribution < -0.4 is 15.4 Å². The van der Waals surface area contributed by atoms with E-state index in [1.54, 1.807) is 54.7 Å². The molecule has 0 aliphatic carbocycles. The second-order valence-electron chi connectivity index (χ2n) is 9.79. The van der Waals surface area contributed by atoms with Crippen molar-refractivity contribution in [2.24, 2.45) is 0 Å². The number of sulfonamides is 1. The Hall–Kier alpha value is -5.16. The van der Waals surface area contributed by atoms with Gasteiger partial charge in [0.2, 0.25) is 10.0 Å². The lowest BCUT2D eigenvalue weighted by molar-refractivity contribution is 0.0964. The van der Waals surface area contributed by atoms with E-state index in [1.807, 2.05) is 0 Å². The lowest BCUT2D eigenvalue weighted by Gasteiger charge is -2.21. The Morgan fingerprint density at radius 1 is 0.952 bits per heavy atom. The minimum absolute atomic E-state index is 0.224. The van der Waals surface area contributed by atoms with Crippen LogP contribution in [0.25, 0.3) is 55.8 Å². The van der Waals surface area contributed by atoms with Crippen molar-refractivity contribution in [1.82, 2.24) is 10.3 Å². The van der Waals surface area contributed by atoms with Gasteiger partial charge >= 0.3 is 0 Å². The number of halogens is 1. The lowest BCUT2D eigenvalue weighted by atomic mass is 9.96. The Morgan fingerprint density at radius 2 is 1.69 bits per heavy atom. The molecule has 42 heavy (non-hydrogen) atoms. The van der Waals surface area contributed by atoms with Crippen molar-refractivity contribution in [1.29, 1.82) is 0 Å². The Bertz CT molecular complexity index is 2080. The number of nitrogens with one attached hydrogen (secondary N) is 1. The molecule has 11 heteroatoms. The first-order valence-electron chi connectivity index (χ1n) is 12.8. The van der Waals surface area contributed by atoms with Crippen LogP contribution in [0.2, 0.25) is 0 Å². The molecule has 3 N–H and O–H groups in total. The van der Waals surface area contributed by atoms with Gasteiger partial charge in [0.25, 0.3) is 5.91 Å². The highest BCUT2D eigenvalue weighted by Crippen LogP contribution is 2.43. The molecule has 212 valence electrons. The average Bonchev–Trinajstić information content (AvgIpc) is 3.57. The molecule has 0 atom stereocenters. The molecular formula is C31H25FN4O5S. The molecule has 0 saturated carbocycles. The van der Waals surface area contributed by atoms with E-state index in [9.17, 15) is 17.6 Å². The van der Waals surface area contributed by atoms with E-state index < -0.39 is 21.7 Å².